The maximum absolute atomic E-state index is 11.7. The number of rotatable bonds is 7. The first-order valence-corrected chi connectivity index (χ1v) is 6.25. The minimum Gasteiger partial charge on any atom is -0.497 e. The summed E-state index contributed by atoms with van der Waals surface area (Å²) in [5, 5.41) is 3.03. The molecular formula is C14H22N2O2. The molecule has 1 aromatic rings. The molecule has 0 spiro atoms. The van der Waals surface area contributed by atoms with Gasteiger partial charge in [-0.3, -0.25) is 4.79 Å². The van der Waals surface area contributed by atoms with Gasteiger partial charge in [-0.25, -0.2) is 0 Å². The lowest BCUT2D eigenvalue weighted by molar-refractivity contribution is -0.128. The van der Waals surface area contributed by atoms with E-state index in [2.05, 4.69) is 5.32 Å². The first-order valence-electron chi connectivity index (χ1n) is 6.25. The second kappa shape index (κ2) is 7.71. The van der Waals surface area contributed by atoms with E-state index in [1.165, 1.54) is 5.56 Å². The molecule has 0 aromatic heterocycles. The predicted molar refractivity (Wildman–Crippen MR) is 72.9 cm³/mol. The van der Waals surface area contributed by atoms with Crippen molar-refractivity contribution in [1.29, 1.82) is 0 Å². The summed E-state index contributed by atoms with van der Waals surface area (Å²) in [4.78, 5) is 13.4. The average Bonchev–Trinajstić information content (AvgIpc) is 2.42. The first-order chi connectivity index (χ1) is 8.67. The molecule has 0 bridgehead atoms. The monoisotopic (exact) mass is 250 g/mol. The van der Waals surface area contributed by atoms with Gasteiger partial charge in [0.25, 0.3) is 0 Å². The Balaban J connectivity index is 2.36. The number of amides is 1. The molecule has 0 aliphatic carbocycles. The summed E-state index contributed by atoms with van der Waals surface area (Å²) >= 11 is 0. The van der Waals surface area contributed by atoms with Crippen LogP contribution in [0.2, 0.25) is 0 Å². The number of hydrogen-bond donors (Lipinski definition) is 1. The fraction of sp³-hybridized carbons (Fsp3) is 0.500. The number of nitrogens with zero attached hydrogens (tertiary/aromatic N) is 1. The number of benzene rings is 1. The Morgan fingerprint density at radius 2 is 2.00 bits per heavy atom. The first kappa shape index (κ1) is 14.5. The van der Waals surface area contributed by atoms with E-state index in [-0.39, 0.29) is 5.91 Å². The van der Waals surface area contributed by atoms with Crippen molar-refractivity contribution in [3.05, 3.63) is 29.8 Å². The molecule has 1 aromatic carbocycles. The predicted octanol–water partition coefficient (Wildman–Crippen LogP) is 1.31. The fourth-order valence-corrected chi connectivity index (χ4v) is 1.58. The van der Waals surface area contributed by atoms with Crippen LogP contribution in [-0.2, 0) is 11.2 Å². The molecule has 100 valence electrons. The molecule has 0 saturated carbocycles. The van der Waals surface area contributed by atoms with E-state index < -0.39 is 0 Å². The Bertz CT molecular complexity index is 363. The van der Waals surface area contributed by atoms with Crippen molar-refractivity contribution in [2.45, 2.75) is 13.3 Å². The molecule has 0 atom stereocenters. The second-order valence-electron chi connectivity index (χ2n) is 4.19. The molecule has 18 heavy (non-hydrogen) atoms. The number of carbonyl (C=O) groups excluding carboxylic acids is 1. The van der Waals surface area contributed by atoms with Crippen LogP contribution in [0.15, 0.2) is 24.3 Å². The van der Waals surface area contributed by atoms with Gasteiger partial charge in [-0.05, 0) is 30.7 Å². The van der Waals surface area contributed by atoms with Crippen LogP contribution in [-0.4, -0.2) is 44.6 Å². The average molecular weight is 250 g/mol. The normalized spacial score (nSPS) is 10.2. The molecule has 4 heteroatoms. The lowest BCUT2D eigenvalue weighted by atomic mass is 10.1. The number of ether oxygens (including phenoxy) is 1. The molecule has 0 unspecified atom stereocenters. The zero-order valence-electron chi connectivity index (χ0n) is 11.4. The zero-order chi connectivity index (χ0) is 13.4. The largest absolute Gasteiger partial charge is 0.497 e. The van der Waals surface area contributed by atoms with Crippen molar-refractivity contribution in [3.8, 4) is 5.75 Å². The Labute approximate surface area is 109 Å². The summed E-state index contributed by atoms with van der Waals surface area (Å²) in [6.45, 7) is 3.95. The van der Waals surface area contributed by atoms with Crippen LogP contribution >= 0.6 is 0 Å². The van der Waals surface area contributed by atoms with Crippen LogP contribution in [0.5, 0.6) is 5.75 Å². The topological polar surface area (TPSA) is 41.6 Å². The quantitative estimate of drug-likeness (QED) is 0.793. The van der Waals surface area contributed by atoms with Gasteiger partial charge in [0.1, 0.15) is 5.75 Å². The SMILES string of the molecule is CCNCC(=O)N(C)CCc1ccc(OC)cc1. The van der Waals surface area contributed by atoms with E-state index in [9.17, 15) is 4.79 Å². The highest BCUT2D eigenvalue weighted by Gasteiger charge is 2.07. The van der Waals surface area contributed by atoms with Gasteiger partial charge in [-0.1, -0.05) is 19.1 Å². The minimum absolute atomic E-state index is 0.130. The summed E-state index contributed by atoms with van der Waals surface area (Å²) in [6, 6.07) is 7.94. The van der Waals surface area contributed by atoms with Crippen LogP contribution in [0.1, 0.15) is 12.5 Å². The molecule has 0 heterocycles. The van der Waals surface area contributed by atoms with Gasteiger partial charge in [0.05, 0.1) is 13.7 Å². The maximum Gasteiger partial charge on any atom is 0.236 e. The number of hydrogen-bond acceptors (Lipinski definition) is 3. The third-order valence-corrected chi connectivity index (χ3v) is 2.85. The molecule has 1 rings (SSSR count). The molecule has 1 amide bonds. The maximum atomic E-state index is 11.7. The Kier molecular flexibility index (Phi) is 6.22. The van der Waals surface area contributed by atoms with Gasteiger partial charge < -0.3 is 15.0 Å². The Morgan fingerprint density at radius 1 is 1.33 bits per heavy atom. The van der Waals surface area contributed by atoms with E-state index >= 15 is 0 Å². The van der Waals surface area contributed by atoms with Crippen molar-refractivity contribution in [2.24, 2.45) is 0 Å². The molecule has 4 nitrogen and oxygen atoms in total. The Hall–Kier alpha value is -1.55. The Morgan fingerprint density at radius 3 is 2.56 bits per heavy atom. The molecular weight excluding hydrogens is 228 g/mol. The number of methoxy groups -OCH3 is 1. The third-order valence-electron chi connectivity index (χ3n) is 2.85. The zero-order valence-corrected chi connectivity index (χ0v) is 11.4. The van der Waals surface area contributed by atoms with Gasteiger partial charge in [-0.15, -0.1) is 0 Å². The molecule has 1 N–H and O–H groups in total. The van der Waals surface area contributed by atoms with Crippen LogP contribution in [0.3, 0.4) is 0 Å². The summed E-state index contributed by atoms with van der Waals surface area (Å²) in [6.07, 6.45) is 0.859. The van der Waals surface area contributed by atoms with E-state index in [4.69, 9.17) is 4.74 Å². The fourth-order valence-electron chi connectivity index (χ4n) is 1.58. The smallest absolute Gasteiger partial charge is 0.236 e. The van der Waals surface area contributed by atoms with Gasteiger partial charge in [0, 0.05) is 13.6 Å². The summed E-state index contributed by atoms with van der Waals surface area (Å²) in [5.41, 5.74) is 1.21. The summed E-state index contributed by atoms with van der Waals surface area (Å²) in [7, 11) is 3.49. The highest BCUT2D eigenvalue weighted by molar-refractivity contribution is 5.77. The number of nitrogens with one attached hydrogen (secondary N) is 1. The van der Waals surface area contributed by atoms with Crippen molar-refractivity contribution in [2.75, 3.05) is 33.8 Å². The van der Waals surface area contributed by atoms with Gasteiger partial charge in [-0.2, -0.15) is 0 Å². The highest BCUT2D eigenvalue weighted by Crippen LogP contribution is 2.11. The van der Waals surface area contributed by atoms with Gasteiger partial charge in [0.15, 0.2) is 0 Å². The summed E-state index contributed by atoms with van der Waals surface area (Å²) in [5.74, 6) is 0.987. The minimum atomic E-state index is 0.130. The van der Waals surface area contributed by atoms with E-state index in [0.29, 0.717) is 6.54 Å². The third kappa shape index (κ3) is 4.75. The van der Waals surface area contributed by atoms with Gasteiger partial charge >= 0.3 is 0 Å². The van der Waals surface area contributed by atoms with Crippen molar-refractivity contribution >= 4 is 5.91 Å². The van der Waals surface area contributed by atoms with Gasteiger partial charge in [0.2, 0.25) is 5.91 Å². The van der Waals surface area contributed by atoms with Crippen LogP contribution in [0.25, 0.3) is 0 Å². The van der Waals surface area contributed by atoms with Crippen molar-refractivity contribution < 1.29 is 9.53 Å². The molecule has 0 aliphatic rings. The lowest BCUT2D eigenvalue weighted by Crippen LogP contribution is -2.36. The lowest BCUT2D eigenvalue weighted by Gasteiger charge is -2.17. The van der Waals surface area contributed by atoms with Crippen LogP contribution < -0.4 is 10.1 Å². The van der Waals surface area contributed by atoms with E-state index in [1.54, 1.807) is 12.0 Å². The highest BCUT2D eigenvalue weighted by atomic mass is 16.5. The molecule has 0 fully saturated rings. The molecule has 0 radical (unpaired) electrons. The van der Waals surface area contributed by atoms with Crippen LogP contribution in [0, 0.1) is 0 Å². The van der Waals surface area contributed by atoms with E-state index in [1.807, 2.05) is 38.2 Å². The van der Waals surface area contributed by atoms with Crippen molar-refractivity contribution in [1.82, 2.24) is 10.2 Å². The van der Waals surface area contributed by atoms with Crippen molar-refractivity contribution in [3.63, 3.8) is 0 Å². The van der Waals surface area contributed by atoms with Crippen LogP contribution in [0.4, 0.5) is 0 Å². The second-order valence-corrected chi connectivity index (χ2v) is 4.19. The molecule has 0 saturated heterocycles. The molecule has 0 aliphatic heterocycles. The number of carbonyl (C=O) groups is 1. The summed E-state index contributed by atoms with van der Waals surface area (Å²) < 4.78 is 5.10. The van der Waals surface area contributed by atoms with E-state index in [0.717, 1.165) is 25.3 Å². The standard InChI is InChI=1S/C14H22N2O2/c1-4-15-11-14(17)16(2)10-9-12-5-7-13(18-3)8-6-12/h5-8,15H,4,9-11H2,1-3H3. The number of likely N-dealkylation sites (N-methyl/N-ethyl adjacent to an activating group) is 2.